The molecular formula is C15H20ClN. The van der Waals surface area contributed by atoms with Crippen molar-refractivity contribution in [2.75, 3.05) is 6.54 Å². The van der Waals surface area contributed by atoms with Gasteiger partial charge in [0, 0.05) is 17.6 Å². The first kappa shape index (κ1) is 12.7. The molecule has 0 atom stereocenters. The van der Waals surface area contributed by atoms with E-state index in [4.69, 9.17) is 11.6 Å². The summed E-state index contributed by atoms with van der Waals surface area (Å²) in [7, 11) is 0. The summed E-state index contributed by atoms with van der Waals surface area (Å²) < 4.78 is 0. The number of halogens is 1. The van der Waals surface area contributed by atoms with Gasteiger partial charge in [-0.25, -0.2) is 0 Å². The third-order valence-corrected chi connectivity index (χ3v) is 3.74. The van der Waals surface area contributed by atoms with Gasteiger partial charge in [-0.3, -0.25) is 0 Å². The molecule has 1 aromatic carbocycles. The van der Waals surface area contributed by atoms with Crippen LogP contribution in [0.2, 0.25) is 5.02 Å². The van der Waals surface area contributed by atoms with Crippen molar-refractivity contribution in [3.05, 3.63) is 46.5 Å². The SMILES string of the molecule is CC(C)=CCNC1CC(c2ccccc2Cl)C1. The Morgan fingerprint density at radius 1 is 1.35 bits per heavy atom. The minimum Gasteiger partial charge on any atom is -0.310 e. The molecule has 0 spiro atoms. The van der Waals surface area contributed by atoms with Crippen molar-refractivity contribution in [1.82, 2.24) is 5.32 Å². The van der Waals surface area contributed by atoms with Gasteiger partial charge in [0.2, 0.25) is 0 Å². The zero-order chi connectivity index (χ0) is 12.3. The number of allylic oxidation sites excluding steroid dienone is 1. The largest absolute Gasteiger partial charge is 0.310 e. The van der Waals surface area contributed by atoms with Crippen LogP contribution in [0.4, 0.5) is 0 Å². The summed E-state index contributed by atoms with van der Waals surface area (Å²) in [6, 6.07) is 8.87. The lowest BCUT2D eigenvalue weighted by molar-refractivity contribution is 0.299. The molecule has 0 radical (unpaired) electrons. The van der Waals surface area contributed by atoms with E-state index in [1.54, 1.807) is 0 Å². The summed E-state index contributed by atoms with van der Waals surface area (Å²) in [5.74, 6) is 0.646. The lowest BCUT2D eigenvalue weighted by Gasteiger charge is -2.36. The maximum Gasteiger partial charge on any atom is 0.0440 e. The van der Waals surface area contributed by atoms with Gasteiger partial charge in [-0.05, 0) is 44.2 Å². The van der Waals surface area contributed by atoms with Crippen LogP contribution in [0.25, 0.3) is 0 Å². The highest BCUT2D eigenvalue weighted by Crippen LogP contribution is 2.39. The molecule has 0 bridgehead atoms. The number of benzene rings is 1. The Hall–Kier alpha value is -0.790. The minimum absolute atomic E-state index is 0.646. The van der Waals surface area contributed by atoms with Crippen molar-refractivity contribution in [2.24, 2.45) is 0 Å². The Bertz CT molecular complexity index is 401. The van der Waals surface area contributed by atoms with Gasteiger partial charge in [-0.1, -0.05) is 41.4 Å². The number of hydrogen-bond acceptors (Lipinski definition) is 1. The Morgan fingerprint density at radius 3 is 2.71 bits per heavy atom. The Balaban J connectivity index is 1.79. The Labute approximate surface area is 109 Å². The van der Waals surface area contributed by atoms with Gasteiger partial charge in [-0.2, -0.15) is 0 Å². The van der Waals surface area contributed by atoms with Gasteiger partial charge in [0.15, 0.2) is 0 Å². The summed E-state index contributed by atoms with van der Waals surface area (Å²) in [6.07, 6.45) is 4.66. The molecule has 0 saturated heterocycles. The van der Waals surface area contributed by atoms with Gasteiger partial charge in [0.05, 0.1) is 0 Å². The fourth-order valence-electron chi connectivity index (χ4n) is 2.27. The average molecular weight is 250 g/mol. The molecule has 2 rings (SSSR count). The second kappa shape index (κ2) is 5.70. The van der Waals surface area contributed by atoms with E-state index in [1.807, 2.05) is 12.1 Å². The molecule has 0 unspecified atom stereocenters. The third kappa shape index (κ3) is 3.34. The van der Waals surface area contributed by atoms with Crippen molar-refractivity contribution in [3.8, 4) is 0 Å². The molecular weight excluding hydrogens is 230 g/mol. The van der Waals surface area contributed by atoms with E-state index >= 15 is 0 Å². The standard InChI is InChI=1S/C15H20ClN/c1-11(2)7-8-17-13-9-12(10-13)14-5-3-4-6-15(14)16/h3-7,12-13,17H,8-10H2,1-2H3. The minimum atomic E-state index is 0.646. The van der Waals surface area contributed by atoms with E-state index in [2.05, 4.69) is 37.4 Å². The molecule has 1 fully saturated rings. The monoisotopic (exact) mass is 249 g/mol. The van der Waals surface area contributed by atoms with Crippen LogP contribution in [-0.4, -0.2) is 12.6 Å². The van der Waals surface area contributed by atoms with Crippen LogP contribution in [-0.2, 0) is 0 Å². The van der Waals surface area contributed by atoms with Crippen LogP contribution in [0.1, 0.15) is 38.2 Å². The normalized spacial score (nSPS) is 23.0. The van der Waals surface area contributed by atoms with Gasteiger partial charge in [0.1, 0.15) is 0 Å². The van der Waals surface area contributed by atoms with Crippen LogP contribution >= 0.6 is 11.6 Å². The van der Waals surface area contributed by atoms with Crippen molar-refractivity contribution in [2.45, 2.75) is 38.6 Å². The Morgan fingerprint density at radius 2 is 2.06 bits per heavy atom. The van der Waals surface area contributed by atoms with Crippen molar-refractivity contribution < 1.29 is 0 Å². The highest BCUT2D eigenvalue weighted by Gasteiger charge is 2.30. The zero-order valence-corrected chi connectivity index (χ0v) is 11.3. The van der Waals surface area contributed by atoms with Crippen LogP contribution in [0.3, 0.4) is 0 Å². The van der Waals surface area contributed by atoms with E-state index < -0.39 is 0 Å². The van der Waals surface area contributed by atoms with Crippen LogP contribution < -0.4 is 5.32 Å². The zero-order valence-electron chi connectivity index (χ0n) is 10.5. The molecule has 92 valence electrons. The van der Waals surface area contributed by atoms with Gasteiger partial charge in [0.25, 0.3) is 0 Å². The lowest BCUT2D eigenvalue weighted by Crippen LogP contribution is -2.40. The smallest absolute Gasteiger partial charge is 0.0440 e. The predicted molar refractivity (Wildman–Crippen MR) is 74.6 cm³/mol. The maximum atomic E-state index is 6.20. The molecule has 1 aliphatic rings. The van der Waals surface area contributed by atoms with E-state index in [1.165, 1.54) is 24.0 Å². The van der Waals surface area contributed by atoms with Crippen molar-refractivity contribution in [3.63, 3.8) is 0 Å². The second-order valence-corrected chi connectivity index (χ2v) is 5.48. The first-order valence-corrected chi connectivity index (χ1v) is 6.66. The first-order valence-electron chi connectivity index (χ1n) is 6.28. The van der Waals surface area contributed by atoms with E-state index in [-0.39, 0.29) is 0 Å². The summed E-state index contributed by atoms with van der Waals surface area (Å²) in [5, 5.41) is 4.47. The molecule has 2 heteroatoms. The summed E-state index contributed by atoms with van der Waals surface area (Å²) in [4.78, 5) is 0. The third-order valence-electron chi connectivity index (χ3n) is 3.40. The number of hydrogen-bond donors (Lipinski definition) is 1. The predicted octanol–water partition coefficient (Wildman–Crippen LogP) is 4.14. The fourth-order valence-corrected chi connectivity index (χ4v) is 2.56. The van der Waals surface area contributed by atoms with Gasteiger partial charge >= 0.3 is 0 Å². The highest BCUT2D eigenvalue weighted by atomic mass is 35.5. The molecule has 0 heterocycles. The van der Waals surface area contributed by atoms with Gasteiger partial charge < -0.3 is 5.32 Å². The Kier molecular flexibility index (Phi) is 4.25. The van der Waals surface area contributed by atoms with Crippen LogP contribution in [0, 0.1) is 0 Å². The van der Waals surface area contributed by atoms with E-state index in [0.717, 1.165) is 11.6 Å². The molecule has 0 amide bonds. The molecule has 1 aromatic rings. The van der Waals surface area contributed by atoms with Gasteiger partial charge in [-0.15, -0.1) is 0 Å². The topological polar surface area (TPSA) is 12.0 Å². The summed E-state index contributed by atoms with van der Waals surface area (Å²) in [6.45, 7) is 5.26. The van der Waals surface area contributed by atoms with Crippen molar-refractivity contribution >= 4 is 11.6 Å². The molecule has 17 heavy (non-hydrogen) atoms. The van der Waals surface area contributed by atoms with Crippen LogP contribution in [0.15, 0.2) is 35.9 Å². The molecule has 1 nitrogen and oxygen atoms in total. The lowest BCUT2D eigenvalue weighted by atomic mass is 9.76. The fraction of sp³-hybridized carbons (Fsp3) is 0.467. The maximum absolute atomic E-state index is 6.20. The summed E-state index contributed by atoms with van der Waals surface area (Å²) in [5.41, 5.74) is 2.69. The van der Waals surface area contributed by atoms with Crippen LogP contribution in [0.5, 0.6) is 0 Å². The quantitative estimate of drug-likeness (QED) is 0.791. The first-order chi connectivity index (χ1) is 8.16. The second-order valence-electron chi connectivity index (χ2n) is 5.08. The molecule has 0 aromatic heterocycles. The van der Waals surface area contributed by atoms with E-state index in [0.29, 0.717) is 12.0 Å². The highest BCUT2D eigenvalue weighted by molar-refractivity contribution is 6.31. The van der Waals surface area contributed by atoms with Crippen molar-refractivity contribution in [1.29, 1.82) is 0 Å². The molecule has 1 saturated carbocycles. The molecule has 1 N–H and O–H groups in total. The van der Waals surface area contributed by atoms with E-state index in [9.17, 15) is 0 Å². The number of rotatable bonds is 4. The molecule has 0 aliphatic heterocycles. The number of nitrogens with one attached hydrogen (secondary N) is 1. The summed E-state index contributed by atoms with van der Waals surface area (Å²) >= 11 is 6.20. The molecule has 1 aliphatic carbocycles. The average Bonchev–Trinajstić information content (AvgIpc) is 2.23.